The second kappa shape index (κ2) is 6.91. The lowest BCUT2D eigenvalue weighted by atomic mass is 9.85. The number of nitrogens with one attached hydrogen (secondary N) is 1. The highest BCUT2D eigenvalue weighted by Gasteiger charge is 2.27. The van der Waals surface area contributed by atoms with Gasteiger partial charge in [-0.15, -0.1) is 0 Å². The molecule has 0 aromatic carbocycles. The van der Waals surface area contributed by atoms with E-state index in [-0.39, 0.29) is 0 Å². The van der Waals surface area contributed by atoms with E-state index in [1.807, 2.05) is 0 Å². The lowest BCUT2D eigenvalue weighted by Crippen LogP contribution is -2.39. The first kappa shape index (κ1) is 15.1. The zero-order valence-electron chi connectivity index (χ0n) is 13.3. The average molecular weight is 276 g/mol. The van der Waals surface area contributed by atoms with E-state index in [0.29, 0.717) is 6.04 Å². The molecule has 0 spiro atoms. The average Bonchev–Trinajstić information content (AvgIpc) is 2.46. The molecule has 2 rings (SSSR count). The third kappa shape index (κ3) is 3.22. The molecule has 0 radical (unpaired) electrons. The Balaban J connectivity index is 2.18. The van der Waals surface area contributed by atoms with Crippen LogP contribution in [0.25, 0.3) is 0 Å². The first-order valence-corrected chi connectivity index (χ1v) is 7.93. The summed E-state index contributed by atoms with van der Waals surface area (Å²) in [4.78, 5) is 11.3. The van der Waals surface area contributed by atoms with Gasteiger partial charge >= 0.3 is 0 Å². The maximum absolute atomic E-state index is 4.53. The molecule has 1 saturated carbocycles. The zero-order chi connectivity index (χ0) is 14.5. The van der Waals surface area contributed by atoms with E-state index in [0.717, 1.165) is 30.5 Å². The molecule has 1 aliphatic carbocycles. The molecule has 1 fully saturated rings. The van der Waals surface area contributed by atoms with E-state index < -0.39 is 0 Å². The van der Waals surface area contributed by atoms with Crippen LogP contribution in [-0.4, -0.2) is 29.6 Å². The van der Waals surface area contributed by atoms with E-state index in [4.69, 9.17) is 0 Å². The first-order chi connectivity index (χ1) is 9.65. The summed E-state index contributed by atoms with van der Waals surface area (Å²) >= 11 is 0. The van der Waals surface area contributed by atoms with Crippen LogP contribution in [0.2, 0.25) is 0 Å². The molecule has 20 heavy (non-hydrogen) atoms. The largest absolute Gasteiger partial charge is 0.370 e. The molecule has 1 N–H and O–H groups in total. The highest BCUT2D eigenvalue weighted by Crippen LogP contribution is 2.31. The van der Waals surface area contributed by atoms with Crippen LogP contribution >= 0.6 is 0 Å². The van der Waals surface area contributed by atoms with Crippen molar-refractivity contribution in [1.29, 1.82) is 0 Å². The van der Waals surface area contributed by atoms with Gasteiger partial charge in [0, 0.05) is 25.2 Å². The molecule has 4 heteroatoms. The quantitative estimate of drug-likeness (QED) is 0.891. The van der Waals surface area contributed by atoms with Gasteiger partial charge in [0.15, 0.2) is 0 Å². The Hall–Kier alpha value is -1.32. The van der Waals surface area contributed by atoms with Crippen molar-refractivity contribution in [2.75, 3.05) is 23.8 Å². The summed E-state index contributed by atoms with van der Waals surface area (Å²) in [5, 5.41) is 3.39. The predicted molar refractivity (Wildman–Crippen MR) is 85.4 cm³/mol. The van der Waals surface area contributed by atoms with Crippen molar-refractivity contribution in [3.05, 3.63) is 11.9 Å². The minimum absolute atomic E-state index is 0.608. The van der Waals surface area contributed by atoms with Gasteiger partial charge < -0.3 is 10.2 Å². The van der Waals surface area contributed by atoms with Crippen molar-refractivity contribution in [3.8, 4) is 0 Å². The van der Waals surface area contributed by atoms with E-state index in [1.165, 1.54) is 31.2 Å². The van der Waals surface area contributed by atoms with Crippen molar-refractivity contribution in [2.24, 2.45) is 5.92 Å². The number of nitrogens with zero attached hydrogens (tertiary/aromatic N) is 3. The number of rotatable bonds is 5. The van der Waals surface area contributed by atoms with Crippen LogP contribution in [0.5, 0.6) is 0 Å². The van der Waals surface area contributed by atoms with Crippen molar-refractivity contribution < 1.29 is 0 Å². The van der Waals surface area contributed by atoms with E-state index in [2.05, 4.69) is 48.0 Å². The van der Waals surface area contributed by atoms with Crippen LogP contribution in [-0.2, 0) is 0 Å². The van der Waals surface area contributed by atoms with Gasteiger partial charge in [-0.1, -0.05) is 26.7 Å². The van der Waals surface area contributed by atoms with Gasteiger partial charge in [-0.05, 0) is 32.1 Å². The van der Waals surface area contributed by atoms with Gasteiger partial charge in [-0.3, -0.25) is 0 Å². The Morgan fingerprint density at radius 3 is 2.75 bits per heavy atom. The molecule has 1 aromatic heterocycles. The van der Waals surface area contributed by atoms with Crippen molar-refractivity contribution in [2.45, 2.75) is 58.9 Å². The van der Waals surface area contributed by atoms with Gasteiger partial charge in [-0.2, -0.15) is 0 Å². The Kier molecular flexibility index (Phi) is 5.21. The highest BCUT2D eigenvalue weighted by atomic mass is 15.2. The fourth-order valence-electron chi connectivity index (χ4n) is 3.25. The molecule has 0 amide bonds. The monoisotopic (exact) mass is 276 g/mol. The van der Waals surface area contributed by atoms with Crippen molar-refractivity contribution in [3.63, 3.8) is 0 Å². The topological polar surface area (TPSA) is 41.1 Å². The molecule has 2 unspecified atom stereocenters. The molecule has 0 bridgehead atoms. The molecule has 1 aliphatic rings. The molecule has 0 saturated heterocycles. The smallest absolute Gasteiger partial charge is 0.137 e. The predicted octanol–water partition coefficient (Wildman–Crippen LogP) is 3.62. The number of anilines is 2. The second-order valence-corrected chi connectivity index (χ2v) is 6.04. The number of aromatic nitrogens is 2. The SMILES string of the molecule is CCCNc1ncnc(N(C)C2CCCCC2C)c1C. The molecular formula is C16H28N4. The first-order valence-electron chi connectivity index (χ1n) is 7.93. The molecule has 112 valence electrons. The minimum Gasteiger partial charge on any atom is -0.370 e. The molecule has 0 aliphatic heterocycles. The fraction of sp³-hybridized carbons (Fsp3) is 0.750. The molecule has 1 heterocycles. The minimum atomic E-state index is 0.608. The van der Waals surface area contributed by atoms with E-state index >= 15 is 0 Å². The van der Waals surface area contributed by atoms with Gasteiger partial charge in [0.05, 0.1) is 0 Å². The lowest BCUT2D eigenvalue weighted by molar-refractivity contribution is 0.320. The maximum Gasteiger partial charge on any atom is 0.137 e. The Morgan fingerprint density at radius 1 is 1.30 bits per heavy atom. The van der Waals surface area contributed by atoms with Crippen LogP contribution in [0.1, 0.15) is 51.5 Å². The maximum atomic E-state index is 4.53. The van der Waals surface area contributed by atoms with Gasteiger partial charge in [0.25, 0.3) is 0 Å². The van der Waals surface area contributed by atoms with Gasteiger partial charge in [0.1, 0.15) is 18.0 Å². The Bertz CT molecular complexity index is 432. The summed E-state index contributed by atoms with van der Waals surface area (Å²) in [5.74, 6) is 2.81. The Morgan fingerprint density at radius 2 is 2.05 bits per heavy atom. The molecule has 2 atom stereocenters. The zero-order valence-corrected chi connectivity index (χ0v) is 13.3. The van der Waals surface area contributed by atoms with Crippen LogP contribution in [0, 0.1) is 12.8 Å². The molecule has 1 aromatic rings. The Labute approximate surface area is 123 Å². The number of hydrogen-bond donors (Lipinski definition) is 1. The summed E-state index contributed by atoms with van der Waals surface area (Å²) in [6.45, 7) is 7.62. The summed E-state index contributed by atoms with van der Waals surface area (Å²) in [5.41, 5.74) is 1.17. The summed E-state index contributed by atoms with van der Waals surface area (Å²) < 4.78 is 0. The summed E-state index contributed by atoms with van der Waals surface area (Å²) in [7, 11) is 2.19. The van der Waals surface area contributed by atoms with Crippen LogP contribution in [0.3, 0.4) is 0 Å². The lowest BCUT2D eigenvalue weighted by Gasteiger charge is -2.37. The van der Waals surface area contributed by atoms with E-state index in [1.54, 1.807) is 6.33 Å². The van der Waals surface area contributed by atoms with Crippen LogP contribution < -0.4 is 10.2 Å². The van der Waals surface area contributed by atoms with Gasteiger partial charge in [0.2, 0.25) is 0 Å². The number of hydrogen-bond acceptors (Lipinski definition) is 4. The van der Waals surface area contributed by atoms with Crippen LogP contribution in [0.4, 0.5) is 11.6 Å². The fourth-order valence-corrected chi connectivity index (χ4v) is 3.25. The summed E-state index contributed by atoms with van der Waals surface area (Å²) in [6.07, 6.45) is 8.11. The molecular weight excluding hydrogens is 248 g/mol. The van der Waals surface area contributed by atoms with Crippen molar-refractivity contribution in [1.82, 2.24) is 9.97 Å². The normalized spacial score (nSPS) is 22.6. The van der Waals surface area contributed by atoms with Crippen molar-refractivity contribution >= 4 is 11.6 Å². The van der Waals surface area contributed by atoms with E-state index in [9.17, 15) is 0 Å². The van der Waals surface area contributed by atoms with Gasteiger partial charge in [-0.25, -0.2) is 9.97 Å². The summed E-state index contributed by atoms with van der Waals surface area (Å²) in [6, 6.07) is 0.608. The standard InChI is InChI=1S/C16H28N4/c1-5-10-17-15-13(3)16(19-11-18-15)20(4)14-9-7-6-8-12(14)2/h11-12,14H,5-10H2,1-4H3,(H,17,18,19). The second-order valence-electron chi connectivity index (χ2n) is 6.04. The molecule has 4 nitrogen and oxygen atoms in total. The third-order valence-corrected chi connectivity index (χ3v) is 4.50. The third-order valence-electron chi connectivity index (χ3n) is 4.50. The van der Waals surface area contributed by atoms with Crippen LogP contribution in [0.15, 0.2) is 6.33 Å². The highest BCUT2D eigenvalue weighted by molar-refractivity contribution is 5.58.